The molecule has 1 unspecified atom stereocenters. The van der Waals surface area contributed by atoms with Crippen molar-refractivity contribution in [3.05, 3.63) is 28.3 Å². The van der Waals surface area contributed by atoms with E-state index in [9.17, 15) is 4.79 Å². The lowest BCUT2D eigenvalue weighted by molar-refractivity contribution is 0.767. The number of nitrogens with zero attached hydrogens (tertiary/aromatic N) is 1. The largest absolute Gasteiger partial charge is 0.325 e. The molecule has 86 valence electrons. The second-order valence-electron chi connectivity index (χ2n) is 3.89. The van der Waals surface area contributed by atoms with E-state index in [0.717, 1.165) is 25.0 Å². The number of hydrogen-bond donors (Lipinski definition) is 3. The summed E-state index contributed by atoms with van der Waals surface area (Å²) in [6.45, 7) is 2.02. The first kappa shape index (κ1) is 11.2. The molecule has 2 aromatic rings. The van der Waals surface area contributed by atoms with E-state index in [4.69, 9.17) is 0 Å². The van der Waals surface area contributed by atoms with Gasteiger partial charge in [0.25, 0.3) is 0 Å². The van der Waals surface area contributed by atoms with Gasteiger partial charge in [0.15, 0.2) is 5.65 Å². The highest BCUT2D eigenvalue weighted by Gasteiger charge is 2.19. The fourth-order valence-corrected chi connectivity index (χ4v) is 2.22. The molecule has 5 nitrogen and oxygen atoms in total. The maximum Gasteiger partial charge on any atom is 0.325 e. The van der Waals surface area contributed by atoms with Gasteiger partial charge >= 0.3 is 5.69 Å². The van der Waals surface area contributed by atoms with E-state index in [1.165, 1.54) is 5.56 Å². The Balaban J connectivity index is 0.000000963. The van der Waals surface area contributed by atoms with Crippen molar-refractivity contribution < 1.29 is 0 Å². The van der Waals surface area contributed by atoms with Gasteiger partial charge in [0, 0.05) is 12.7 Å². The Labute approximate surface area is 98.1 Å². The number of aromatic amines is 2. The Kier molecular flexibility index (Phi) is 2.98. The standard InChI is InChI=1S/C10H12N4O.ClH/c15-10-13-8-7(6-1-3-11-5-6)2-4-12-9(8)14-10;/h2,4,6,11H,1,3,5H2,(H2,12,13,14,15);1H. The fourth-order valence-electron chi connectivity index (χ4n) is 2.22. The van der Waals surface area contributed by atoms with E-state index in [-0.39, 0.29) is 18.1 Å². The molecule has 1 aliphatic rings. The molecule has 0 saturated carbocycles. The molecule has 1 saturated heterocycles. The van der Waals surface area contributed by atoms with Crippen molar-refractivity contribution in [1.82, 2.24) is 20.3 Å². The molecule has 0 radical (unpaired) electrons. The van der Waals surface area contributed by atoms with Crippen LogP contribution in [0.5, 0.6) is 0 Å². The summed E-state index contributed by atoms with van der Waals surface area (Å²) in [6, 6.07) is 1.99. The number of fused-ring (bicyclic) bond motifs is 1. The lowest BCUT2D eigenvalue weighted by Gasteiger charge is -2.08. The van der Waals surface area contributed by atoms with Gasteiger partial charge in [0.05, 0.1) is 5.52 Å². The number of hydrogen-bond acceptors (Lipinski definition) is 3. The molecule has 16 heavy (non-hydrogen) atoms. The molecule has 0 aliphatic carbocycles. The number of rotatable bonds is 1. The van der Waals surface area contributed by atoms with Crippen molar-refractivity contribution in [2.75, 3.05) is 13.1 Å². The predicted molar refractivity (Wildman–Crippen MR) is 64.2 cm³/mol. The smallest absolute Gasteiger partial charge is 0.316 e. The third kappa shape index (κ3) is 1.72. The molecule has 6 heteroatoms. The van der Waals surface area contributed by atoms with Crippen LogP contribution in [0.2, 0.25) is 0 Å². The minimum Gasteiger partial charge on any atom is -0.316 e. The third-order valence-electron chi connectivity index (χ3n) is 2.95. The SMILES string of the molecule is Cl.O=c1[nH]c2nccc(C3CCNC3)c2[nH]1. The molecule has 2 aromatic heterocycles. The average molecular weight is 241 g/mol. The van der Waals surface area contributed by atoms with Crippen LogP contribution in [-0.4, -0.2) is 28.0 Å². The number of H-pyrrole nitrogens is 2. The van der Waals surface area contributed by atoms with Gasteiger partial charge in [0.1, 0.15) is 0 Å². The normalized spacial score (nSPS) is 19.9. The first-order valence-corrected chi connectivity index (χ1v) is 5.12. The maximum atomic E-state index is 11.2. The van der Waals surface area contributed by atoms with Gasteiger partial charge in [-0.1, -0.05) is 0 Å². The lowest BCUT2D eigenvalue weighted by atomic mass is 9.99. The summed E-state index contributed by atoms with van der Waals surface area (Å²) in [5.74, 6) is 0.488. The number of pyridine rings is 1. The highest BCUT2D eigenvalue weighted by atomic mass is 35.5. The summed E-state index contributed by atoms with van der Waals surface area (Å²) in [6.07, 6.45) is 2.87. The van der Waals surface area contributed by atoms with Gasteiger partial charge in [-0.3, -0.25) is 4.98 Å². The number of halogens is 1. The quantitative estimate of drug-likeness (QED) is 0.689. The van der Waals surface area contributed by atoms with Crippen molar-refractivity contribution in [3.8, 4) is 0 Å². The summed E-state index contributed by atoms with van der Waals surface area (Å²) in [7, 11) is 0. The summed E-state index contributed by atoms with van der Waals surface area (Å²) in [5, 5.41) is 3.32. The predicted octanol–water partition coefficient (Wildman–Crippen LogP) is 0.750. The zero-order valence-electron chi connectivity index (χ0n) is 8.62. The van der Waals surface area contributed by atoms with Crippen LogP contribution in [-0.2, 0) is 0 Å². The highest BCUT2D eigenvalue weighted by molar-refractivity contribution is 5.85. The van der Waals surface area contributed by atoms with Crippen LogP contribution in [0.15, 0.2) is 17.1 Å². The third-order valence-corrected chi connectivity index (χ3v) is 2.95. The second-order valence-corrected chi connectivity index (χ2v) is 3.89. The van der Waals surface area contributed by atoms with Crippen LogP contribution in [0.4, 0.5) is 0 Å². The molecular formula is C10H13ClN4O. The molecule has 0 bridgehead atoms. The minimum absolute atomic E-state index is 0. The lowest BCUT2D eigenvalue weighted by Crippen LogP contribution is -2.08. The summed E-state index contributed by atoms with van der Waals surface area (Å²) in [5.41, 5.74) is 2.51. The molecule has 0 aromatic carbocycles. The van der Waals surface area contributed by atoms with Crippen LogP contribution < -0.4 is 11.0 Å². The van der Waals surface area contributed by atoms with E-state index in [1.807, 2.05) is 6.07 Å². The van der Waals surface area contributed by atoms with E-state index in [2.05, 4.69) is 20.3 Å². The maximum absolute atomic E-state index is 11.2. The highest BCUT2D eigenvalue weighted by Crippen LogP contribution is 2.25. The van der Waals surface area contributed by atoms with E-state index < -0.39 is 0 Å². The molecule has 1 fully saturated rings. The molecule has 0 spiro atoms. The zero-order chi connectivity index (χ0) is 10.3. The summed E-state index contributed by atoms with van der Waals surface area (Å²) in [4.78, 5) is 20.8. The molecule has 0 amide bonds. The molecule has 3 rings (SSSR count). The number of imidazole rings is 1. The van der Waals surface area contributed by atoms with E-state index in [0.29, 0.717) is 11.6 Å². The van der Waals surface area contributed by atoms with Crippen molar-refractivity contribution in [3.63, 3.8) is 0 Å². The van der Waals surface area contributed by atoms with Gasteiger partial charge in [-0.2, -0.15) is 0 Å². The van der Waals surface area contributed by atoms with Crippen LogP contribution >= 0.6 is 12.4 Å². The first-order chi connectivity index (χ1) is 7.34. The van der Waals surface area contributed by atoms with Crippen LogP contribution in [0, 0.1) is 0 Å². The molecule has 3 N–H and O–H groups in total. The monoisotopic (exact) mass is 240 g/mol. The Morgan fingerprint density at radius 3 is 3.00 bits per heavy atom. The van der Waals surface area contributed by atoms with Gasteiger partial charge in [-0.05, 0) is 30.5 Å². The minimum atomic E-state index is -0.184. The van der Waals surface area contributed by atoms with Crippen LogP contribution in [0.3, 0.4) is 0 Å². The first-order valence-electron chi connectivity index (χ1n) is 5.12. The second kappa shape index (κ2) is 4.27. The number of aromatic nitrogens is 3. The Morgan fingerprint density at radius 1 is 1.38 bits per heavy atom. The Hall–Kier alpha value is -1.33. The Morgan fingerprint density at radius 2 is 2.25 bits per heavy atom. The molecular weight excluding hydrogens is 228 g/mol. The van der Waals surface area contributed by atoms with Crippen LogP contribution in [0.25, 0.3) is 11.2 Å². The van der Waals surface area contributed by atoms with E-state index >= 15 is 0 Å². The molecule has 3 heterocycles. The zero-order valence-corrected chi connectivity index (χ0v) is 9.43. The Bertz CT molecular complexity index is 541. The number of nitrogens with one attached hydrogen (secondary N) is 3. The van der Waals surface area contributed by atoms with Gasteiger partial charge in [0.2, 0.25) is 0 Å². The summed E-state index contributed by atoms with van der Waals surface area (Å²) >= 11 is 0. The van der Waals surface area contributed by atoms with Crippen molar-refractivity contribution in [1.29, 1.82) is 0 Å². The van der Waals surface area contributed by atoms with Crippen LogP contribution in [0.1, 0.15) is 17.9 Å². The van der Waals surface area contributed by atoms with E-state index in [1.54, 1.807) is 6.20 Å². The van der Waals surface area contributed by atoms with Crippen molar-refractivity contribution in [2.24, 2.45) is 0 Å². The summed E-state index contributed by atoms with van der Waals surface area (Å²) < 4.78 is 0. The fraction of sp³-hybridized carbons (Fsp3) is 0.400. The average Bonchev–Trinajstić information content (AvgIpc) is 2.82. The topological polar surface area (TPSA) is 73.6 Å². The van der Waals surface area contributed by atoms with Crippen molar-refractivity contribution in [2.45, 2.75) is 12.3 Å². The van der Waals surface area contributed by atoms with Gasteiger partial charge in [-0.15, -0.1) is 12.4 Å². The van der Waals surface area contributed by atoms with Crippen molar-refractivity contribution >= 4 is 23.6 Å². The molecule has 1 aliphatic heterocycles. The molecule has 1 atom stereocenters. The van der Waals surface area contributed by atoms with Gasteiger partial charge < -0.3 is 10.3 Å². The van der Waals surface area contributed by atoms with Gasteiger partial charge in [-0.25, -0.2) is 9.78 Å².